The summed E-state index contributed by atoms with van der Waals surface area (Å²) in [6.07, 6.45) is 0. The van der Waals surface area contributed by atoms with Crippen molar-refractivity contribution in [3.63, 3.8) is 0 Å². The van der Waals surface area contributed by atoms with E-state index in [9.17, 15) is 8.78 Å². The van der Waals surface area contributed by atoms with Crippen molar-refractivity contribution in [2.24, 2.45) is 7.05 Å². The quantitative estimate of drug-likeness (QED) is 0.795. The molecule has 0 saturated carbocycles. The van der Waals surface area contributed by atoms with Crippen LogP contribution in [-0.2, 0) is 7.05 Å². The summed E-state index contributed by atoms with van der Waals surface area (Å²) in [5, 5.41) is 5.02. The van der Waals surface area contributed by atoms with Crippen LogP contribution in [0, 0.1) is 3.70 Å². The molecule has 0 aliphatic heterocycles. The summed E-state index contributed by atoms with van der Waals surface area (Å²) < 4.78 is 30.9. The van der Waals surface area contributed by atoms with E-state index in [0.717, 1.165) is 14.6 Å². The van der Waals surface area contributed by atoms with Crippen LogP contribution < -0.4 is 4.74 Å². The highest BCUT2D eigenvalue weighted by atomic mass is 127. The lowest BCUT2D eigenvalue weighted by atomic mass is 10.2. The molecule has 0 saturated heterocycles. The van der Waals surface area contributed by atoms with E-state index in [-0.39, 0.29) is 5.75 Å². The van der Waals surface area contributed by atoms with Gasteiger partial charge in [-0.15, -0.1) is 0 Å². The molecular formula is C9H7F2IN2O. The molecule has 1 aromatic carbocycles. The molecule has 3 nitrogen and oxygen atoms in total. The number of hydrogen-bond acceptors (Lipinski definition) is 2. The topological polar surface area (TPSA) is 27.1 Å². The maximum Gasteiger partial charge on any atom is 0.387 e. The summed E-state index contributed by atoms with van der Waals surface area (Å²) in [6, 6.07) is 4.71. The molecule has 0 unspecified atom stereocenters. The molecule has 0 spiro atoms. The van der Waals surface area contributed by atoms with Gasteiger partial charge >= 0.3 is 6.61 Å². The molecule has 0 amide bonds. The monoisotopic (exact) mass is 324 g/mol. The van der Waals surface area contributed by atoms with E-state index >= 15 is 0 Å². The first kappa shape index (κ1) is 10.6. The average Bonchev–Trinajstić information content (AvgIpc) is 2.43. The number of aryl methyl sites for hydroxylation is 1. The van der Waals surface area contributed by atoms with E-state index in [1.54, 1.807) is 23.9 Å². The van der Waals surface area contributed by atoms with Crippen molar-refractivity contribution in [1.82, 2.24) is 9.78 Å². The van der Waals surface area contributed by atoms with Crippen LogP contribution in [0.4, 0.5) is 8.78 Å². The molecule has 0 atom stereocenters. The Hall–Kier alpha value is -0.920. The number of aromatic nitrogens is 2. The number of nitrogens with zero attached hydrogens (tertiary/aromatic N) is 2. The Morgan fingerprint density at radius 1 is 1.47 bits per heavy atom. The lowest BCUT2D eigenvalue weighted by Gasteiger charge is -2.03. The van der Waals surface area contributed by atoms with Crippen LogP contribution in [0.2, 0.25) is 0 Å². The van der Waals surface area contributed by atoms with Crippen LogP contribution >= 0.6 is 22.6 Å². The molecule has 1 heterocycles. The maximum absolute atomic E-state index is 12.0. The molecule has 2 aromatic rings. The smallest absolute Gasteiger partial charge is 0.387 e. The first-order chi connectivity index (χ1) is 7.08. The van der Waals surface area contributed by atoms with Crippen molar-refractivity contribution in [2.45, 2.75) is 6.61 Å². The fourth-order valence-corrected chi connectivity index (χ4v) is 1.86. The Morgan fingerprint density at radius 3 is 2.87 bits per heavy atom. The standard InChI is InChI=1S/C9H7F2IN2O/c1-14-8(12)6-4-5(15-9(10)11)2-3-7(6)13-14/h2-4,9H,1H3. The molecule has 0 aliphatic carbocycles. The highest BCUT2D eigenvalue weighted by Gasteiger charge is 2.09. The Kier molecular flexibility index (Phi) is 2.76. The van der Waals surface area contributed by atoms with Gasteiger partial charge in [0, 0.05) is 12.4 Å². The second-order valence-electron chi connectivity index (χ2n) is 2.97. The molecule has 2 rings (SSSR count). The van der Waals surface area contributed by atoms with Gasteiger partial charge in [-0.3, -0.25) is 4.68 Å². The van der Waals surface area contributed by atoms with Gasteiger partial charge in [0.2, 0.25) is 0 Å². The number of halogens is 3. The molecule has 6 heteroatoms. The van der Waals surface area contributed by atoms with Crippen molar-refractivity contribution in [1.29, 1.82) is 0 Å². The number of rotatable bonds is 2. The minimum absolute atomic E-state index is 0.156. The summed E-state index contributed by atoms with van der Waals surface area (Å²) in [5.41, 5.74) is 0.767. The third-order valence-corrected chi connectivity index (χ3v) is 3.24. The molecule has 80 valence electrons. The van der Waals surface area contributed by atoms with E-state index in [2.05, 4.69) is 32.4 Å². The van der Waals surface area contributed by atoms with Crippen molar-refractivity contribution < 1.29 is 13.5 Å². The van der Waals surface area contributed by atoms with E-state index < -0.39 is 6.61 Å². The van der Waals surface area contributed by atoms with Gasteiger partial charge in [-0.2, -0.15) is 13.9 Å². The molecule has 1 aromatic heterocycles. The summed E-state index contributed by atoms with van der Waals surface area (Å²) in [5.74, 6) is 0.156. The zero-order chi connectivity index (χ0) is 11.0. The van der Waals surface area contributed by atoms with Crippen LogP contribution in [0.5, 0.6) is 5.75 Å². The largest absolute Gasteiger partial charge is 0.435 e. The molecule has 0 N–H and O–H groups in total. The number of fused-ring (bicyclic) bond motifs is 1. The molecule has 0 bridgehead atoms. The molecule has 15 heavy (non-hydrogen) atoms. The van der Waals surface area contributed by atoms with E-state index in [1.165, 1.54) is 6.07 Å². The minimum Gasteiger partial charge on any atom is -0.435 e. The zero-order valence-electron chi connectivity index (χ0n) is 7.75. The van der Waals surface area contributed by atoms with Crippen molar-refractivity contribution >= 4 is 33.5 Å². The maximum atomic E-state index is 12.0. The van der Waals surface area contributed by atoms with Crippen LogP contribution in [0.3, 0.4) is 0 Å². The minimum atomic E-state index is -2.79. The molecular weight excluding hydrogens is 317 g/mol. The van der Waals surface area contributed by atoms with Gasteiger partial charge in [0.1, 0.15) is 9.45 Å². The van der Waals surface area contributed by atoms with Gasteiger partial charge in [-0.1, -0.05) is 0 Å². The summed E-state index contributed by atoms with van der Waals surface area (Å²) in [4.78, 5) is 0. The van der Waals surface area contributed by atoms with Gasteiger partial charge in [0.05, 0.1) is 5.52 Å². The van der Waals surface area contributed by atoms with E-state index in [1.807, 2.05) is 0 Å². The summed E-state index contributed by atoms with van der Waals surface area (Å²) in [6.45, 7) is -2.79. The summed E-state index contributed by atoms with van der Waals surface area (Å²) in [7, 11) is 1.80. The Morgan fingerprint density at radius 2 is 2.20 bits per heavy atom. The second kappa shape index (κ2) is 3.92. The van der Waals surface area contributed by atoms with Gasteiger partial charge in [-0.05, 0) is 40.8 Å². The third-order valence-electron chi connectivity index (χ3n) is 1.96. The van der Waals surface area contributed by atoms with Gasteiger partial charge in [0.25, 0.3) is 0 Å². The van der Waals surface area contributed by atoms with Gasteiger partial charge in [-0.25, -0.2) is 0 Å². The third kappa shape index (κ3) is 2.04. The van der Waals surface area contributed by atoms with Gasteiger partial charge in [0.15, 0.2) is 0 Å². The number of benzene rings is 1. The first-order valence-corrected chi connectivity index (χ1v) is 5.23. The predicted molar refractivity (Wildman–Crippen MR) is 60.1 cm³/mol. The average molecular weight is 324 g/mol. The van der Waals surface area contributed by atoms with Crippen molar-refractivity contribution in [2.75, 3.05) is 0 Å². The fourth-order valence-electron chi connectivity index (χ4n) is 1.32. The Labute approximate surface area is 98.2 Å². The van der Waals surface area contributed by atoms with E-state index in [4.69, 9.17) is 0 Å². The number of alkyl halides is 2. The Balaban J connectivity index is 2.49. The highest BCUT2D eigenvalue weighted by Crippen LogP contribution is 2.25. The fraction of sp³-hybridized carbons (Fsp3) is 0.222. The predicted octanol–water partition coefficient (Wildman–Crippen LogP) is 2.78. The highest BCUT2D eigenvalue weighted by molar-refractivity contribution is 14.1. The van der Waals surface area contributed by atoms with E-state index in [0.29, 0.717) is 0 Å². The lowest BCUT2D eigenvalue weighted by molar-refractivity contribution is -0.0497. The van der Waals surface area contributed by atoms with Crippen LogP contribution in [0.1, 0.15) is 0 Å². The van der Waals surface area contributed by atoms with Gasteiger partial charge < -0.3 is 4.74 Å². The normalized spacial score (nSPS) is 11.3. The van der Waals surface area contributed by atoms with Crippen LogP contribution in [-0.4, -0.2) is 16.4 Å². The molecule has 0 radical (unpaired) electrons. The summed E-state index contributed by atoms with van der Waals surface area (Å²) >= 11 is 2.11. The lowest BCUT2D eigenvalue weighted by Crippen LogP contribution is -2.01. The number of ether oxygens (including phenoxy) is 1. The molecule has 0 aliphatic rings. The SMILES string of the molecule is Cn1nc2ccc(OC(F)F)cc2c1I. The second-order valence-corrected chi connectivity index (χ2v) is 3.99. The van der Waals surface area contributed by atoms with Crippen molar-refractivity contribution in [3.8, 4) is 5.75 Å². The molecule has 0 fully saturated rings. The first-order valence-electron chi connectivity index (χ1n) is 4.15. The van der Waals surface area contributed by atoms with Crippen LogP contribution in [0.25, 0.3) is 10.9 Å². The van der Waals surface area contributed by atoms with Crippen LogP contribution in [0.15, 0.2) is 18.2 Å². The number of hydrogen-bond donors (Lipinski definition) is 0. The zero-order valence-corrected chi connectivity index (χ0v) is 9.90. The Bertz CT molecular complexity index is 498. The van der Waals surface area contributed by atoms with Crippen molar-refractivity contribution in [3.05, 3.63) is 21.9 Å².